The van der Waals surface area contributed by atoms with Gasteiger partial charge < -0.3 is 15.2 Å². The molecule has 23 heavy (non-hydrogen) atoms. The van der Waals surface area contributed by atoms with Crippen LogP contribution in [0.15, 0.2) is 48.5 Å². The monoisotopic (exact) mass is 335 g/mol. The third-order valence-corrected chi connectivity index (χ3v) is 4.43. The summed E-state index contributed by atoms with van der Waals surface area (Å²) in [6, 6.07) is 13.8. The fourth-order valence-corrected chi connectivity index (χ4v) is 2.96. The Morgan fingerprint density at radius 3 is 2.43 bits per heavy atom. The number of benzene rings is 2. The van der Waals surface area contributed by atoms with Crippen molar-refractivity contribution in [2.45, 2.75) is 6.04 Å². The van der Waals surface area contributed by atoms with Crippen molar-refractivity contribution in [3.63, 3.8) is 0 Å². The Hall–Kier alpha value is -1.46. The Bertz CT molecular complexity index is 625. The highest BCUT2D eigenvalue weighted by molar-refractivity contribution is 6.30. The van der Waals surface area contributed by atoms with Crippen LogP contribution in [0, 0.1) is 11.2 Å². The molecule has 0 saturated carbocycles. The summed E-state index contributed by atoms with van der Waals surface area (Å²) in [6.07, 6.45) is 0. The number of ether oxygens (including phenoxy) is 1. The number of hydrogen-bond donors (Lipinski definition) is 2. The van der Waals surface area contributed by atoms with Crippen molar-refractivity contribution in [1.29, 1.82) is 0 Å². The van der Waals surface area contributed by atoms with Crippen LogP contribution in [0.1, 0.15) is 17.2 Å². The second-order valence-corrected chi connectivity index (χ2v) is 6.51. The Kier molecular flexibility index (Phi) is 4.97. The van der Waals surface area contributed by atoms with E-state index in [1.165, 1.54) is 12.1 Å². The molecular weight excluding hydrogens is 317 g/mol. The number of hydrogen-bond acceptors (Lipinski definition) is 3. The summed E-state index contributed by atoms with van der Waals surface area (Å²) in [5.41, 5.74) is 1.52. The first-order valence-corrected chi connectivity index (χ1v) is 7.93. The van der Waals surface area contributed by atoms with Crippen LogP contribution in [-0.4, -0.2) is 31.5 Å². The van der Waals surface area contributed by atoms with Gasteiger partial charge in [-0.05, 0) is 35.4 Å². The minimum absolute atomic E-state index is 0.0609. The van der Waals surface area contributed by atoms with E-state index in [0.29, 0.717) is 24.8 Å². The lowest BCUT2D eigenvalue weighted by molar-refractivity contribution is -0.134. The van der Waals surface area contributed by atoms with E-state index in [1.54, 1.807) is 6.07 Å². The average Bonchev–Trinajstić information content (AvgIpc) is 2.50. The van der Waals surface area contributed by atoms with E-state index in [2.05, 4.69) is 5.32 Å². The molecular formula is C18H19ClFNO2. The van der Waals surface area contributed by atoms with Gasteiger partial charge in [-0.1, -0.05) is 35.9 Å². The molecule has 5 heteroatoms. The van der Waals surface area contributed by atoms with Crippen LogP contribution in [0.25, 0.3) is 0 Å². The second-order valence-electron chi connectivity index (χ2n) is 6.07. The third kappa shape index (κ3) is 3.72. The van der Waals surface area contributed by atoms with Crippen LogP contribution in [0.5, 0.6) is 0 Å². The summed E-state index contributed by atoms with van der Waals surface area (Å²) in [6.45, 7) is 1.70. The summed E-state index contributed by atoms with van der Waals surface area (Å²) in [5.74, 6) is -0.278. The van der Waals surface area contributed by atoms with E-state index in [9.17, 15) is 9.50 Å². The lowest BCUT2D eigenvalue weighted by Crippen LogP contribution is -2.52. The van der Waals surface area contributed by atoms with Crippen LogP contribution in [0.4, 0.5) is 4.39 Å². The summed E-state index contributed by atoms with van der Waals surface area (Å²) in [7, 11) is 0. The van der Waals surface area contributed by atoms with E-state index in [-0.39, 0.29) is 23.9 Å². The molecule has 1 saturated heterocycles. The summed E-state index contributed by atoms with van der Waals surface area (Å²) < 4.78 is 18.9. The molecule has 3 nitrogen and oxygen atoms in total. The van der Waals surface area contributed by atoms with Crippen molar-refractivity contribution in [2.24, 2.45) is 5.41 Å². The van der Waals surface area contributed by atoms with Gasteiger partial charge in [-0.15, -0.1) is 0 Å². The van der Waals surface area contributed by atoms with Gasteiger partial charge in [-0.2, -0.15) is 0 Å². The minimum Gasteiger partial charge on any atom is -0.396 e. The number of rotatable bonds is 6. The number of halogens is 2. The van der Waals surface area contributed by atoms with E-state index in [1.807, 2.05) is 30.3 Å². The zero-order chi connectivity index (χ0) is 16.3. The zero-order valence-corrected chi connectivity index (χ0v) is 13.4. The Morgan fingerprint density at radius 1 is 1.17 bits per heavy atom. The maximum Gasteiger partial charge on any atom is 0.123 e. The largest absolute Gasteiger partial charge is 0.396 e. The zero-order valence-electron chi connectivity index (χ0n) is 12.6. The Balaban J connectivity index is 1.87. The van der Waals surface area contributed by atoms with Gasteiger partial charge in [0.2, 0.25) is 0 Å². The first kappa shape index (κ1) is 16.4. The molecule has 1 heterocycles. The van der Waals surface area contributed by atoms with Crippen molar-refractivity contribution < 1.29 is 14.2 Å². The smallest absolute Gasteiger partial charge is 0.123 e. The maximum absolute atomic E-state index is 13.6. The van der Waals surface area contributed by atoms with Gasteiger partial charge in [0.15, 0.2) is 0 Å². The summed E-state index contributed by atoms with van der Waals surface area (Å²) in [4.78, 5) is 0. The molecule has 0 bridgehead atoms. The molecule has 0 aliphatic carbocycles. The van der Waals surface area contributed by atoms with Crippen molar-refractivity contribution in [2.75, 3.05) is 26.4 Å². The predicted molar refractivity (Wildman–Crippen MR) is 88.0 cm³/mol. The van der Waals surface area contributed by atoms with Crippen LogP contribution in [0.2, 0.25) is 5.02 Å². The van der Waals surface area contributed by atoms with Gasteiger partial charge in [0.25, 0.3) is 0 Å². The van der Waals surface area contributed by atoms with Crippen LogP contribution in [-0.2, 0) is 4.74 Å². The molecule has 0 radical (unpaired) electrons. The van der Waals surface area contributed by atoms with Crippen LogP contribution in [0.3, 0.4) is 0 Å². The van der Waals surface area contributed by atoms with Gasteiger partial charge in [-0.3, -0.25) is 0 Å². The number of nitrogens with one attached hydrogen (secondary N) is 1. The molecule has 1 fully saturated rings. The van der Waals surface area contributed by atoms with Crippen LogP contribution < -0.4 is 5.32 Å². The molecule has 3 rings (SSSR count). The highest BCUT2D eigenvalue weighted by Crippen LogP contribution is 2.30. The van der Waals surface area contributed by atoms with Gasteiger partial charge >= 0.3 is 0 Å². The average molecular weight is 336 g/mol. The van der Waals surface area contributed by atoms with Gasteiger partial charge in [0, 0.05) is 11.6 Å². The second kappa shape index (κ2) is 6.97. The third-order valence-electron chi connectivity index (χ3n) is 4.20. The van der Waals surface area contributed by atoms with E-state index in [0.717, 1.165) is 11.1 Å². The highest BCUT2D eigenvalue weighted by atomic mass is 35.5. The standard InChI is InChI=1S/C18H19ClFNO2/c19-15-5-1-3-13(7-15)17(14-4-2-6-16(20)8-14)21-9-18(10-22)11-23-12-18/h1-8,17,21-22H,9-12H2. The maximum atomic E-state index is 13.6. The Labute approximate surface area is 140 Å². The lowest BCUT2D eigenvalue weighted by atomic mass is 9.86. The SMILES string of the molecule is OCC1(CNC(c2cccc(F)c2)c2cccc(Cl)c2)COC1. The fourth-order valence-electron chi connectivity index (χ4n) is 2.76. The number of aliphatic hydroxyl groups excluding tert-OH is 1. The van der Waals surface area contributed by atoms with E-state index in [4.69, 9.17) is 16.3 Å². The van der Waals surface area contributed by atoms with E-state index < -0.39 is 0 Å². The summed E-state index contributed by atoms with van der Waals surface area (Å²) in [5, 5.41) is 13.6. The molecule has 0 aromatic heterocycles. The van der Waals surface area contributed by atoms with Crippen molar-refractivity contribution in [3.8, 4) is 0 Å². The fraction of sp³-hybridized carbons (Fsp3) is 0.333. The molecule has 1 unspecified atom stereocenters. The number of aliphatic hydroxyl groups is 1. The predicted octanol–water partition coefficient (Wildman–Crippen LogP) is 3.17. The first-order valence-electron chi connectivity index (χ1n) is 7.55. The normalized spacial score (nSPS) is 17.5. The molecule has 2 aromatic rings. The van der Waals surface area contributed by atoms with Crippen molar-refractivity contribution in [3.05, 3.63) is 70.5 Å². The topological polar surface area (TPSA) is 41.5 Å². The molecule has 0 amide bonds. The molecule has 0 spiro atoms. The van der Waals surface area contributed by atoms with Gasteiger partial charge in [-0.25, -0.2) is 4.39 Å². The highest BCUT2D eigenvalue weighted by Gasteiger charge is 2.38. The first-order chi connectivity index (χ1) is 11.1. The lowest BCUT2D eigenvalue weighted by Gasteiger charge is -2.41. The quantitative estimate of drug-likeness (QED) is 0.852. The molecule has 122 valence electrons. The van der Waals surface area contributed by atoms with E-state index >= 15 is 0 Å². The van der Waals surface area contributed by atoms with Crippen molar-refractivity contribution >= 4 is 11.6 Å². The van der Waals surface area contributed by atoms with Gasteiger partial charge in [0.1, 0.15) is 5.82 Å². The Morgan fingerprint density at radius 2 is 1.87 bits per heavy atom. The summed E-state index contributed by atoms with van der Waals surface area (Å²) >= 11 is 6.10. The molecule has 2 N–H and O–H groups in total. The molecule has 2 aromatic carbocycles. The molecule has 1 aliphatic heterocycles. The minimum atomic E-state index is -0.278. The van der Waals surface area contributed by atoms with Crippen molar-refractivity contribution in [1.82, 2.24) is 5.32 Å². The molecule has 1 aliphatic rings. The molecule has 1 atom stereocenters. The van der Waals surface area contributed by atoms with Gasteiger partial charge in [0.05, 0.1) is 31.3 Å². The van der Waals surface area contributed by atoms with Crippen LogP contribution >= 0.6 is 11.6 Å².